The molecule has 4 heteroatoms. The molecular formula is C22H32N4. The molecule has 3 rings (SSSR count). The molecule has 0 bridgehead atoms. The smallest absolute Gasteiger partial charge is 0.125 e. The predicted octanol–water partition coefficient (Wildman–Crippen LogP) is 4.45. The van der Waals surface area contributed by atoms with Gasteiger partial charge in [0.1, 0.15) is 5.82 Å². The van der Waals surface area contributed by atoms with Crippen LogP contribution >= 0.6 is 0 Å². The van der Waals surface area contributed by atoms with Crippen LogP contribution in [0.15, 0.2) is 36.5 Å². The highest BCUT2D eigenvalue weighted by atomic mass is 15.1. The highest BCUT2D eigenvalue weighted by molar-refractivity contribution is 5.65. The lowest BCUT2D eigenvalue weighted by molar-refractivity contribution is 0.346. The molecule has 26 heavy (non-hydrogen) atoms. The molecule has 4 nitrogen and oxygen atoms in total. The van der Waals surface area contributed by atoms with Crippen molar-refractivity contribution >= 4 is 5.69 Å². The SMILES string of the molecule is Cc1nccc(-c2cccc(N3CCC(NC(C)CC(C)C)CC3)c2)n1. The van der Waals surface area contributed by atoms with Crippen molar-refractivity contribution in [3.05, 3.63) is 42.4 Å². The first kappa shape index (κ1) is 18.8. The topological polar surface area (TPSA) is 41.1 Å². The fraction of sp³-hybridized carbons (Fsp3) is 0.545. The van der Waals surface area contributed by atoms with Gasteiger partial charge in [-0.1, -0.05) is 26.0 Å². The summed E-state index contributed by atoms with van der Waals surface area (Å²) in [7, 11) is 0. The molecule has 1 aromatic carbocycles. The summed E-state index contributed by atoms with van der Waals surface area (Å²) in [6.07, 6.45) is 5.50. The first-order valence-corrected chi connectivity index (χ1v) is 9.92. The number of anilines is 1. The highest BCUT2D eigenvalue weighted by Crippen LogP contribution is 2.26. The van der Waals surface area contributed by atoms with Crippen molar-refractivity contribution in [3.63, 3.8) is 0 Å². The van der Waals surface area contributed by atoms with Crippen molar-refractivity contribution in [1.29, 1.82) is 0 Å². The van der Waals surface area contributed by atoms with Crippen LogP contribution in [0.1, 0.15) is 45.9 Å². The van der Waals surface area contributed by atoms with Gasteiger partial charge in [-0.15, -0.1) is 0 Å². The molecule has 1 fully saturated rings. The van der Waals surface area contributed by atoms with Crippen molar-refractivity contribution in [1.82, 2.24) is 15.3 Å². The number of rotatable bonds is 6. The third-order valence-electron chi connectivity index (χ3n) is 5.12. The minimum atomic E-state index is 0.607. The second-order valence-corrected chi connectivity index (χ2v) is 8.00. The second-order valence-electron chi connectivity index (χ2n) is 8.00. The maximum absolute atomic E-state index is 4.56. The van der Waals surface area contributed by atoms with Gasteiger partial charge in [0.25, 0.3) is 0 Å². The summed E-state index contributed by atoms with van der Waals surface area (Å²) in [4.78, 5) is 11.3. The molecule has 1 aliphatic rings. The van der Waals surface area contributed by atoms with Crippen molar-refractivity contribution in [2.24, 2.45) is 5.92 Å². The molecule has 0 spiro atoms. The van der Waals surface area contributed by atoms with E-state index in [0.717, 1.165) is 30.5 Å². The van der Waals surface area contributed by atoms with Crippen LogP contribution in [0.2, 0.25) is 0 Å². The highest BCUT2D eigenvalue weighted by Gasteiger charge is 2.21. The van der Waals surface area contributed by atoms with E-state index in [1.165, 1.54) is 30.5 Å². The minimum absolute atomic E-state index is 0.607. The Morgan fingerprint density at radius 3 is 2.62 bits per heavy atom. The summed E-state index contributed by atoms with van der Waals surface area (Å²) < 4.78 is 0. The second kappa shape index (κ2) is 8.63. The lowest BCUT2D eigenvalue weighted by Crippen LogP contribution is -2.45. The summed E-state index contributed by atoms with van der Waals surface area (Å²) in [5.41, 5.74) is 3.46. The van der Waals surface area contributed by atoms with Gasteiger partial charge >= 0.3 is 0 Å². The first-order chi connectivity index (χ1) is 12.5. The number of aromatic nitrogens is 2. The molecule has 1 unspecified atom stereocenters. The lowest BCUT2D eigenvalue weighted by Gasteiger charge is -2.35. The van der Waals surface area contributed by atoms with Gasteiger partial charge < -0.3 is 10.2 Å². The fourth-order valence-corrected chi connectivity index (χ4v) is 3.96. The van der Waals surface area contributed by atoms with E-state index < -0.39 is 0 Å². The fourth-order valence-electron chi connectivity index (χ4n) is 3.96. The molecule has 1 saturated heterocycles. The molecule has 2 aromatic rings. The van der Waals surface area contributed by atoms with Crippen LogP contribution in [-0.2, 0) is 0 Å². The largest absolute Gasteiger partial charge is 0.371 e. The van der Waals surface area contributed by atoms with E-state index in [0.29, 0.717) is 12.1 Å². The summed E-state index contributed by atoms with van der Waals surface area (Å²) in [5, 5.41) is 3.82. The van der Waals surface area contributed by atoms with Gasteiger partial charge in [0.2, 0.25) is 0 Å². The number of nitrogens with zero attached hydrogens (tertiary/aromatic N) is 3. The molecule has 0 saturated carbocycles. The van der Waals surface area contributed by atoms with Gasteiger partial charge in [-0.2, -0.15) is 0 Å². The molecule has 1 aliphatic heterocycles. The van der Waals surface area contributed by atoms with Crippen LogP contribution < -0.4 is 10.2 Å². The van der Waals surface area contributed by atoms with Crippen molar-refractivity contribution in [2.75, 3.05) is 18.0 Å². The van der Waals surface area contributed by atoms with Crippen LogP contribution in [0.3, 0.4) is 0 Å². The number of nitrogens with one attached hydrogen (secondary N) is 1. The standard InChI is InChI=1S/C22H32N4/c1-16(2)14-17(3)24-20-9-12-26(13-10-20)21-7-5-6-19(15-21)22-8-11-23-18(4)25-22/h5-8,11,15-17,20,24H,9-10,12-14H2,1-4H3. The third-order valence-corrected chi connectivity index (χ3v) is 5.12. The molecular weight excluding hydrogens is 320 g/mol. The Hall–Kier alpha value is -1.94. The summed E-state index contributed by atoms with van der Waals surface area (Å²) in [6.45, 7) is 11.1. The van der Waals surface area contributed by atoms with Crippen molar-refractivity contribution in [2.45, 2.75) is 59.0 Å². The maximum Gasteiger partial charge on any atom is 0.125 e. The molecule has 1 atom stereocenters. The zero-order chi connectivity index (χ0) is 18.5. The van der Waals surface area contributed by atoms with E-state index in [-0.39, 0.29) is 0 Å². The van der Waals surface area contributed by atoms with Crippen molar-refractivity contribution < 1.29 is 0 Å². The number of hydrogen-bond acceptors (Lipinski definition) is 4. The lowest BCUT2D eigenvalue weighted by atomic mass is 10.00. The Bertz CT molecular complexity index is 705. The first-order valence-electron chi connectivity index (χ1n) is 9.92. The zero-order valence-corrected chi connectivity index (χ0v) is 16.6. The average molecular weight is 353 g/mol. The average Bonchev–Trinajstić information content (AvgIpc) is 2.62. The number of hydrogen-bond donors (Lipinski definition) is 1. The van der Waals surface area contributed by atoms with Crippen LogP contribution in [-0.4, -0.2) is 35.1 Å². The van der Waals surface area contributed by atoms with Crippen LogP contribution in [0.25, 0.3) is 11.3 Å². The maximum atomic E-state index is 4.56. The molecule has 0 amide bonds. The Kier molecular flexibility index (Phi) is 6.25. The number of benzene rings is 1. The van der Waals surface area contributed by atoms with Crippen LogP contribution in [0.4, 0.5) is 5.69 Å². The molecule has 2 heterocycles. The number of piperidine rings is 1. The molecule has 1 N–H and O–H groups in total. The van der Waals surface area contributed by atoms with Gasteiger partial charge in [-0.05, 0) is 57.2 Å². The van der Waals surface area contributed by atoms with Crippen LogP contribution in [0, 0.1) is 12.8 Å². The minimum Gasteiger partial charge on any atom is -0.371 e. The van der Waals surface area contributed by atoms with Crippen LogP contribution in [0.5, 0.6) is 0 Å². The van der Waals surface area contributed by atoms with Gasteiger partial charge in [0.05, 0.1) is 5.69 Å². The van der Waals surface area contributed by atoms with Crippen molar-refractivity contribution in [3.8, 4) is 11.3 Å². The summed E-state index contributed by atoms with van der Waals surface area (Å²) >= 11 is 0. The van der Waals surface area contributed by atoms with E-state index in [1.54, 1.807) is 0 Å². The molecule has 0 radical (unpaired) electrons. The van der Waals surface area contributed by atoms with Gasteiger partial charge in [0, 0.05) is 42.6 Å². The van der Waals surface area contributed by atoms with E-state index in [4.69, 9.17) is 0 Å². The Morgan fingerprint density at radius 1 is 1.15 bits per heavy atom. The zero-order valence-electron chi connectivity index (χ0n) is 16.6. The van der Waals surface area contributed by atoms with Gasteiger partial charge in [-0.3, -0.25) is 0 Å². The van der Waals surface area contributed by atoms with E-state index in [9.17, 15) is 0 Å². The quantitative estimate of drug-likeness (QED) is 0.834. The molecule has 140 valence electrons. The normalized spacial score (nSPS) is 16.9. The van der Waals surface area contributed by atoms with Gasteiger partial charge in [0.15, 0.2) is 0 Å². The summed E-state index contributed by atoms with van der Waals surface area (Å²) in [6, 6.07) is 12.0. The number of aryl methyl sites for hydroxylation is 1. The Labute approximate surface area is 158 Å². The monoisotopic (exact) mass is 352 g/mol. The third kappa shape index (κ3) is 5.04. The molecule has 1 aromatic heterocycles. The van der Waals surface area contributed by atoms with E-state index in [2.05, 4.69) is 65.2 Å². The molecule has 0 aliphatic carbocycles. The predicted molar refractivity (Wildman–Crippen MR) is 109 cm³/mol. The van der Waals surface area contributed by atoms with Gasteiger partial charge in [-0.25, -0.2) is 9.97 Å². The Balaban J connectivity index is 1.60. The van der Waals surface area contributed by atoms with E-state index >= 15 is 0 Å². The Morgan fingerprint density at radius 2 is 1.92 bits per heavy atom. The van der Waals surface area contributed by atoms with E-state index in [1.807, 2.05) is 19.2 Å². The summed E-state index contributed by atoms with van der Waals surface area (Å²) in [5.74, 6) is 1.57.